The summed E-state index contributed by atoms with van der Waals surface area (Å²) in [6.45, 7) is 1.58. The Kier molecular flexibility index (Phi) is 5.38. The van der Waals surface area contributed by atoms with Crippen LogP contribution in [0, 0.1) is 24.1 Å². The molecule has 0 atom stereocenters. The molecule has 0 amide bonds. The fourth-order valence-corrected chi connectivity index (χ4v) is 3.62. The zero-order valence-electron chi connectivity index (χ0n) is 15.7. The summed E-state index contributed by atoms with van der Waals surface area (Å²) in [4.78, 5) is 3.43. The van der Waals surface area contributed by atoms with Crippen LogP contribution >= 0.6 is 0 Å². The molecule has 3 aromatic rings. The standard InChI is InChI=1S/C18H16FN5O4S/c1-11-21-18(24(22-11)13-6-4-12(10-20)5-7-13)23-29(25,26)17-9-16(28-3)15(27-2)8-14(17)19/h4-9H,1-3H3,(H,21,22,23). The lowest BCUT2D eigenvalue weighted by molar-refractivity contribution is 0.350. The third-order valence-corrected chi connectivity index (χ3v) is 5.25. The van der Waals surface area contributed by atoms with Gasteiger partial charge in [-0.3, -0.25) is 0 Å². The predicted octanol–water partition coefficient (Wildman–Crippen LogP) is 2.40. The molecule has 0 saturated heterocycles. The molecule has 0 aliphatic heterocycles. The first-order chi connectivity index (χ1) is 13.8. The van der Waals surface area contributed by atoms with Crippen LogP contribution in [0.1, 0.15) is 11.4 Å². The van der Waals surface area contributed by atoms with Crippen LogP contribution in [-0.4, -0.2) is 37.4 Å². The highest BCUT2D eigenvalue weighted by Gasteiger charge is 2.25. The second-order valence-corrected chi connectivity index (χ2v) is 7.45. The first-order valence-electron chi connectivity index (χ1n) is 8.17. The molecule has 0 unspecified atom stereocenters. The van der Waals surface area contributed by atoms with E-state index in [1.807, 2.05) is 6.07 Å². The first kappa shape index (κ1) is 20.1. The summed E-state index contributed by atoms with van der Waals surface area (Å²) in [7, 11) is -1.75. The Hall–Kier alpha value is -3.65. The number of sulfonamides is 1. The Bertz CT molecular complexity index is 1200. The van der Waals surface area contributed by atoms with Gasteiger partial charge in [-0.15, -0.1) is 5.10 Å². The van der Waals surface area contributed by atoms with Crippen molar-refractivity contribution in [1.82, 2.24) is 14.8 Å². The van der Waals surface area contributed by atoms with Crippen molar-refractivity contribution >= 4 is 16.0 Å². The van der Waals surface area contributed by atoms with Crippen LogP contribution in [0.25, 0.3) is 5.69 Å². The lowest BCUT2D eigenvalue weighted by Gasteiger charge is -2.13. The number of hydrogen-bond acceptors (Lipinski definition) is 7. The number of anilines is 1. The van der Waals surface area contributed by atoms with Gasteiger partial charge in [0.1, 0.15) is 16.5 Å². The van der Waals surface area contributed by atoms with Gasteiger partial charge in [0.05, 0.1) is 31.5 Å². The Morgan fingerprint density at radius 3 is 2.34 bits per heavy atom. The van der Waals surface area contributed by atoms with Crippen LogP contribution in [0.3, 0.4) is 0 Å². The van der Waals surface area contributed by atoms with Crippen molar-refractivity contribution in [2.45, 2.75) is 11.8 Å². The summed E-state index contributed by atoms with van der Waals surface area (Å²) in [5, 5.41) is 13.1. The Morgan fingerprint density at radius 1 is 1.14 bits per heavy atom. The number of nitrogens with one attached hydrogen (secondary N) is 1. The number of aryl methyl sites for hydroxylation is 1. The van der Waals surface area contributed by atoms with E-state index >= 15 is 0 Å². The smallest absolute Gasteiger partial charge is 0.267 e. The number of ether oxygens (including phenoxy) is 2. The van der Waals surface area contributed by atoms with Crippen molar-refractivity contribution in [3.63, 3.8) is 0 Å². The highest BCUT2D eigenvalue weighted by molar-refractivity contribution is 7.92. The lowest BCUT2D eigenvalue weighted by Crippen LogP contribution is -2.18. The second kappa shape index (κ2) is 7.76. The number of methoxy groups -OCH3 is 2. The van der Waals surface area contributed by atoms with E-state index < -0.39 is 20.7 Å². The maximum absolute atomic E-state index is 14.4. The summed E-state index contributed by atoms with van der Waals surface area (Å²) in [5.74, 6) is -0.753. The van der Waals surface area contributed by atoms with E-state index in [0.29, 0.717) is 17.1 Å². The molecule has 1 N–H and O–H groups in total. The maximum atomic E-state index is 14.4. The maximum Gasteiger partial charge on any atom is 0.267 e. The number of rotatable bonds is 6. The van der Waals surface area contributed by atoms with Gasteiger partial charge in [0.25, 0.3) is 10.0 Å². The Balaban J connectivity index is 2.03. The van der Waals surface area contributed by atoms with Gasteiger partial charge in [0, 0.05) is 12.1 Å². The quantitative estimate of drug-likeness (QED) is 0.654. The van der Waals surface area contributed by atoms with Gasteiger partial charge in [-0.05, 0) is 31.2 Å². The third-order valence-electron chi connectivity index (χ3n) is 3.91. The first-order valence-corrected chi connectivity index (χ1v) is 9.66. The zero-order valence-corrected chi connectivity index (χ0v) is 16.5. The molecule has 0 fully saturated rings. The molecule has 0 saturated carbocycles. The molecule has 1 aromatic heterocycles. The monoisotopic (exact) mass is 417 g/mol. The minimum Gasteiger partial charge on any atom is -0.493 e. The average molecular weight is 417 g/mol. The summed E-state index contributed by atoms with van der Waals surface area (Å²) < 4.78 is 53.6. The average Bonchev–Trinajstić information content (AvgIpc) is 3.06. The van der Waals surface area contributed by atoms with Crippen LogP contribution in [0.15, 0.2) is 41.3 Å². The van der Waals surface area contributed by atoms with Crippen molar-refractivity contribution in [2.75, 3.05) is 18.9 Å². The molecule has 29 heavy (non-hydrogen) atoms. The van der Waals surface area contributed by atoms with Crippen molar-refractivity contribution in [3.05, 3.63) is 53.6 Å². The number of nitriles is 1. The molecule has 3 rings (SSSR count). The number of aromatic nitrogens is 3. The molecule has 9 nitrogen and oxygen atoms in total. The van der Waals surface area contributed by atoms with Crippen LogP contribution in [0.5, 0.6) is 11.5 Å². The predicted molar refractivity (Wildman–Crippen MR) is 101 cm³/mol. The highest BCUT2D eigenvalue weighted by Crippen LogP contribution is 2.32. The van der Waals surface area contributed by atoms with Crippen molar-refractivity contribution in [3.8, 4) is 23.3 Å². The molecular formula is C18H16FN5O4S. The minimum atomic E-state index is -4.37. The van der Waals surface area contributed by atoms with Crippen LogP contribution in [0.2, 0.25) is 0 Å². The Labute approximate surface area is 166 Å². The van der Waals surface area contributed by atoms with Gasteiger partial charge in [-0.1, -0.05) is 0 Å². The number of halogens is 1. The van der Waals surface area contributed by atoms with E-state index in [-0.39, 0.29) is 17.4 Å². The van der Waals surface area contributed by atoms with Gasteiger partial charge in [0.2, 0.25) is 5.95 Å². The summed E-state index contributed by atoms with van der Waals surface area (Å²) >= 11 is 0. The van der Waals surface area contributed by atoms with Crippen LogP contribution in [0.4, 0.5) is 10.3 Å². The van der Waals surface area contributed by atoms with Crippen molar-refractivity contribution in [1.29, 1.82) is 5.26 Å². The van der Waals surface area contributed by atoms with E-state index in [0.717, 1.165) is 12.1 Å². The van der Waals surface area contributed by atoms with E-state index in [2.05, 4.69) is 14.8 Å². The molecule has 0 aliphatic rings. The Morgan fingerprint density at radius 2 is 1.76 bits per heavy atom. The second-order valence-electron chi connectivity index (χ2n) is 5.80. The minimum absolute atomic E-state index is 0.0546. The van der Waals surface area contributed by atoms with Gasteiger partial charge in [-0.25, -0.2) is 17.5 Å². The zero-order chi connectivity index (χ0) is 21.2. The number of nitrogens with zero attached hydrogens (tertiary/aromatic N) is 4. The van der Waals surface area contributed by atoms with Crippen LogP contribution in [-0.2, 0) is 10.0 Å². The number of hydrogen-bond donors (Lipinski definition) is 1. The highest BCUT2D eigenvalue weighted by atomic mass is 32.2. The number of benzene rings is 2. The van der Waals surface area contributed by atoms with Gasteiger partial charge < -0.3 is 9.47 Å². The summed E-state index contributed by atoms with van der Waals surface area (Å²) in [6, 6.07) is 10.2. The largest absolute Gasteiger partial charge is 0.493 e. The fourth-order valence-electron chi connectivity index (χ4n) is 2.55. The molecule has 150 valence electrons. The van der Waals surface area contributed by atoms with E-state index in [1.165, 1.54) is 18.9 Å². The summed E-state index contributed by atoms with van der Waals surface area (Å²) in [5.41, 5.74) is 0.898. The van der Waals surface area contributed by atoms with E-state index in [4.69, 9.17) is 14.7 Å². The van der Waals surface area contributed by atoms with Gasteiger partial charge >= 0.3 is 0 Å². The van der Waals surface area contributed by atoms with Gasteiger partial charge in [-0.2, -0.15) is 14.9 Å². The molecule has 0 radical (unpaired) electrons. The van der Waals surface area contributed by atoms with E-state index in [9.17, 15) is 12.8 Å². The fraction of sp³-hybridized carbons (Fsp3) is 0.167. The molecule has 2 aromatic carbocycles. The third kappa shape index (κ3) is 3.97. The SMILES string of the molecule is COc1cc(F)c(S(=O)(=O)Nc2nc(C)nn2-c2ccc(C#N)cc2)cc1OC. The molecule has 0 bridgehead atoms. The molecule has 0 aliphatic carbocycles. The van der Waals surface area contributed by atoms with Crippen molar-refractivity contribution < 1.29 is 22.3 Å². The lowest BCUT2D eigenvalue weighted by atomic mass is 10.2. The molecular weight excluding hydrogens is 401 g/mol. The molecule has 11 heteroatoms. The van der Waals surface area contributed by atoms with E-state index in [1.54, 1.807) is 31.2 Å². The normalized spacial score (nSPS) is 11.0. The topological polar surface area (TPSA) is 119 Å². The van der Waals surface area contributed by atoms with Crippen LogP contribution < -0.4 is 14.2 Å². The van der Waals surface area contributed by atoms with Crippen molar-refractivity contribution in [2.24, 2.45) is 0 Å². The molecule has 0 spiro atoms. The molecule has 1 heterocycles. The van der Waals surface area contributed by atoms with Gasteiger partial charge in [0.15, 0.2) is 11.5 Å². The summed E-state index contributed by atoms with van der Waals surface area (Å²) in [6.07, 6.45) is 0.